The second-order valence-corrected chi connectivity index (χ2v) is 4.66. The Kier molecular flexibility index (Phi) is 3.13. The minimum Gasteiger partial charge on any atom is -0.497 e. The van der Waals surface area contributed by atoms with Gasteiger partial charge in [-0.15, -0.1) is 0 Å². The summed E-state index contributed by atoms with van der Waals surface area (Å²) in [4.78, 5) is 6.70. The summed E-state index contributed by atoms with van der Waals surface area (Å²) >= 11 is 0. The van der Waals surface area contributed by atoms with Crippen LogP contribution in [-0.2, 0) is 19.6 Å². The van der Waals surface area contributed by atoms with Gasteiger partial charge < -0.3 is 19.9 Å². The van der Waals surface area contributed by atoms with Gasteiger partial charge in [0.25, 0.3) is 0 Å². The maximum Gasteiger partial charge on any atom is 0.120 e. The summed E-state index contributed by atoms with van der Waals surface area (Å²) in [6.45, 7) is 3.26. The van der Waals surface area contributed by atoms with Crippen LogP contribution in [0.1, 0.15) is 11.4 Å². The number of aromatic nitrogens is 2. The van der Waals surface area contributed by atoms with Crippen molar-refractivity contribution in [3.05, 3.63) is 42.0 Å². The van der Waals surface area contributed by atoms with Gasteiger partial charge in [-0.3, -0.25) is 0 Å². The van der Waals surface area contributed by atoms with Crippen molar-refractivity contribution in [2.24, 2.45) is 5.73 Å². The molecule has 2 heterocycles. The zero-order valence-electron chi connectivity index (χ0n) is 11.0. The van der Waals surface area contributed by atoms with Gasteiger partial charge in [-0.05, 0) is 12.1 Å². The van der Waals surface area contributed by atoms with Crippen LogP contribution in [0, 0.1) is 0 Å². The highest BCUT2D eigenvalue weighted by Gasteiger charge is 2.20. The van der Waals surface area contributed by atoms with E-state index in [2.05, 4.69) is 26.6 Å². The minimum atomic E-state index is 0.494. The SMILES string of the molecule is COc1cccc(N2CCn3cnc(CN)c3C2)c1. The van der Waals surface area contributed by atoms with Crippen molar-refractivity contribution in [3.8, 4) is 5.75 Å². The van der Waals surface area contributed by atoms with Gasteiger partial charge in [0.1, 0.15) is 5.75 Å². The normalized spacial score (nSPS) is 14.3. The van der Waals surface area contributed by atoms with Crippen LogP contribution >= 0.6 is 0 Å². The smallest absolute Gasteiger partial charge is 0.120 e. The summed E-state index contributed by atoms with van der Waals surface area (Å²) in [6, 6.07) is 8.15. The second-order valence-electron chi connectivity index (χ2n) is 4.66. The highest BCUT2D eigenvalue weighted by atomic mass is 16.5. The summed E-state index contributed by atoms with van der Waals surface area (Å²) in [5.74, 6) is 0.885. The Bertz CT molecular complexity index is 565. The number of nitrogens with zero attached hydrogens (tertiary/aromatic N) is 3. The number of methoxy groups -OCH3 is 1. The predicted molar refractivity (Wildman–Crippen MR) is 74.2 cm³/mol. The third kappa shape index (κ3) is 2.17. The molecule has 0 bridgehead atoms. The maximum absolute atomic E-state index is 5.73. The number of nitrogens with two attached hydrogens (primary N) is 1. The molecule has 2 N–H and O–H groups in total. The lowest BCUT2D eigenvalue weighted by atomic mass is 10.2. The standard InChI is InChI=1S/C14H18N4O/c1-19-12-4-2-3-11(7-12)17-5-6-18-10-16-13(8-15)14(18)9-17/h2-4,7,10H,5-6,8-9,15H2,1H3. The van der Waals surface area contributed by atoms with Gasteiger partial charge in [-0.2, -0.15) is 0 Å². The molecule has 1 aromatic heterocycles. The summed E-state index contributed by atoms with van der Waals surface area (Å²) < 4.78 is 7.47. The Balaban J connectivity index is 1.88. The van der Waals surface area contributed by atoms with Crippen molar-refractivity contribution >= 4 is 5.69 Å². The van der Waals surface area contributed by atoms with E-state index in [0.717, 1.165) is 31.1 Å². The minimum absolute atomic E-state index is 0.494. The Morgan fingerprint density at radius 1 is 1.37 bits per heavy atom. The lowest BCUT2D eigenvalue weighted by Gasteiger charge is -2.30. The number of fused-ring (bicyclic) bond motifs is 1. The third-order valence-electron chi connectivity index (χ3n) is 3.60. The lowest BCUT2D eigenvalue weighted by Crippen LogP contribution is -2.33. The molecule has 0 atom stereocenters. The first kappa shape index (κ1) is 12.0. The van der Waals surface area contributed by atoms with Crippen LogP contribution in [0.5, 0.6) is 5.75 Å². The number of hydrogen-bond acceptors (Lipinski definition) is 4. The molecule has 0 unspecified atom stereocenters. The van der Waals surface area contributed by atoms with Crippen molar-refractivity contribution in [2.75, 3.05) is 18.6 Å². The van der Waals surface area contributed by atoms with Crippen LogP contribution in [-0.4, -0.2) is 23.2 Å². The molecule has 0 amide bonds. The molecule has 100 valence electrons. The molecule has 2 aromatic rings. The van der Waals surface area contributed by atoms with E-state index in [0.29, 0.717) is 6.54 Å². The summed E-state index contributed by atoms with van der Waals surface area (Å²) in [6.07, 6.45) is 1.89. The fourth-order valence-electron chi connectivity index (χ4n) is 2.51. The number of hydrogen-bond donors (Lipinski definition) is 1. The molecule has 0 radical (unpaired) electrons. The molecule has 0 fully saturated rings. The Labute approximate surface area is 112 Å². The molecule has 0 spiro atoms. The van der Waals surface area contributed by atoms with Gasteiger partial charge in [0, 0.05) is 31.4 Å². The van der Waals surface area contributed by atoms with Crippen LogP contribution in [0.2, 0.25) is 0 Å². The van der Waals surface area contributed by atoms with E-state index in [1.807, 2.05) is 18.5 Å². The van der Waals surface area contributed by atoms with Crippen LogP contribution < -0.4 is 15.4 Å². The van der Waals surface area contributed by atoms with Crippen molar-refractivity contribution in [1.82, 2.24) is 9.55 Å². The number of rotatable bonds is 3. The molecule has 0 aliphatic carbocycles. The Morgan fingerprint density at radius 2 is 2.26 bits per heavy atom. The molecule has 0 saturated heterocycles. The van der Waals surface area contributed by atoms with Gasteiger partial charge in [0.15, 0.2) is 0 Å². The molecule has 19 heavy (non-hydrogen) atoms. The van der Waals surface area contributed by atoms with Crippen LogP contribution in [0.25, 0.3) is 0 Å². The van der Waals surface area contributed by atoms with Crippen molar-refractivity contribution in [3.63, 3.8) is 0 Å². The molecule has 3 rings (SSSR count). The van der Waals surface area contributed by atoms with E-state index in [4.69, 9.17) is 10.5 Å². The average molecular weight is 258 g/mol. The lowest BCUT2D eigenvalue weighted by molar-refractivity contribution is 0.414. The quantitative estimate of drug-likeness (QED) is 0.903. The van der Waals surface area contributed by atoms with E-state index in [1.165, 1.54) is 11.4 Å². The van der Waals surface area contributed by atoms with E-state index < -0.39 is 0 Å². The van der Waals surface area contributed by atoms with Crippen molar-refractivity contribution in [2.45, 2.75) is 19.6 Å². The highest BCUT2D eigenvalue weighted by molar-refractivity contribution is 5.51. The molecular formula is C14H18N4O. The first-order valence-corrected chi connectivity index (χ1v) is 6.43. The van der Waals surface area contributed by atoms with Crippen LogP contribution in [0.3, 0.4) is 0 Å². The fraction of sp³-hybridized carbons (Fsp3) is 0.357. The monoisotopic (exact) mass is 258 g/mol. The zero-order valence-corrected chi connectivity index (χ0v) is 11.0. The largest absolute Gasteiger partial charge is 0.497 e. The molecule has 0 saturated carbocycles. The highest BCUT2D eigenvalue weighted by Crippen LogP contribution is 2.25. The second kappa shape index (κ2) is 4.93. The number of anilines is 1. The Morgan fingerprint density at radius 3 is 3.05 bits per heavy atom. The van der Waals surface area contributed by atoms with Gasteiger partial charge >= 0.3 is 0 Å². The van der Waals surface area contributed by atoms with Crippen molar-refractivity contribution < 1.29 is 4.74 Å². The Hall–Kier alpha value is -2.01. The van der Waals surface area contributed by atoms with E-state index >= 15 is 0 Å². The molecule has 1 aromatic carbocycles. The first-order valence-electron chi connectivity index (χ1n) is 6.43. The summed E-state index contributed by atoms with van der Waals surface area (Å²) in [5, 5.41) is 0. The van der Waals surface area contributed by atoms with Gasteiger partial charge in [0.2, 0.25) is 0 Å². The topological polar surface area (TPSA) is 56.3 Å². The van der Waals surface area contributed by atoms with E-state index in [9.17, 15) is 0 Å². The van der Waals surface area contributed by atoms with E-state index in [1.54, 1.807) is 7.11 Å². The number of benzene rings is 1. The molecule has 1 aliphatic heterocycles. The van der Waals surface area contributed by atoms with Gasteiger partial charge in [-0.1, -0.05) is 6.07 Å². The molecule has 5 nitrogen and oxygen atoms in total. The zero-order chi connectivity index (χ0) is 13.2. The summed E-state index contributed by atoms with van der Waals surface area (Å²) in [7, 11) is 1.69. The maximum atomic E-state index is 5.73. The molecule has 5 heteroatoms. The number of ether oxygens (including phenoxy) is 1. The molecular weight excluding hydrogens is 240 g/mol. The average Bonchev–Trinajstić information content (AvgIpc) is 2.89. The van der Waals surface area contributed by atoms with Crippen LogP contribution in [0.4, 0.5) is 5.69 Å². The van der Waals surface area contributed by atoms with Crippen LogP contribution in [0.15, 0.2) is 30.6 Å². The van der Waals surface area contributed by atoms with E-state index in [-0.39, 0.29) is 0 Å². The van der Waals surface area contributed by atoms with Gasteiger partial charge in [-0.25, -0.2) is 4.98 Å². The predicted octanol–water partition coefficient (Wildman–Crippen LogP) is 1.37. The van der Waals surface area contributed by atoms with Gasteiger partial charge in [0.05, 0.1) is 31.4 Å². The first-order chi connectivity index (χ1) is 9.31. The number of imidazole rings is 1. The van der Waals surface area contributed by atoms with Crippen molar-refractivity contribution in [1.29, 1.82) is 0 Å². The molecule has 1 aliphatic rings. The third-order valence-corrected chi connectivity index (χ3v) is 3.60. The summed E-state index contributed by atoms with van der Waals surface area (Å²) in [5.41, 5.74) is 9.12. The fourth-order valence-corrected chi connectivity index (χ4v) is 2.51.